The van der Waals surface area contributed by atoms with Crippen LogP contribution in [0.4, 0.5) is 0 Å². The van der Waals surface area contributed by atoms with Gasteiger partial charge in [0.15, 0.2) is 0 Å². The van der Waals surface area contributed by atoms with E-state index in [2.05, 4.69) is 4.98 Å². The van der Waals surface area contributed by atoms with E-state index < -0.39 is 0 Å². The number of primary amides is 1. The number of amides is 2. The first kappa shape index (κ1) is 14.3. The zero-order valence-corrected chi connectivity index (χ0v) is 11.5. The number of nitrogens with two attached hydrogens (primary N) is 1. The molecule has 0 aromatic carbocycles. The third kappa shape index (κ3) is 3.26. The summed E-state index contributed by atoms with van der Waals surface area (Å²) in [6, 6.07) is 3.36. The number of rotatable bonds is 4. The number of nitrogens with zero attached hydrogens (tertiary/aromatic N) is 2. The van der Waals surface area contributed by atoms with Crippen molar-refractivity contribution in [2.45, 2.75) is 19.8 Å². The normalized spacial score (nSPS) is 18.6. The molecule has 0 aliphatic carbocycles. The first-order chi connectivity index (χ1) is 9.61. The maximum Gasteiger partial charge on any atom is 0.255 e. The molecule has 1 aromatic heterocycles. The van der Waals surface area contributed by atoms with Gasteiger partial charge < -0.3 is 15.4 Å². The van der Waals surface area contributed by atoms with Crippen LogP contribution in [-0.4, -0.2) is 41.4 Å². The Kier molecular flexibility index (Phi) is 4.55. The number of piperidine rings is 1. The molecule has 2 heterocycles. The van der Waals surface area contributed by atoms with Crippen molar-refractivity contribution in [3.63, 3.8) is 0 Å². The van der Waals surface area contributed by atoms with Crippen LogP contribution in [-0.2, 0) is 4.79 Å². The van der Waals surface area contributed by atoms with Crippen LogP contribution in [0.15, 0.2) is 18.3 Å². The molecule has 6 nitrogen and oxygen atoms in total. The quantitative estimate of drug-likeness (QED) is 0.882. The van der Waals surface area contributed by atoms with Gasteiger partial charge in [-0.1, -0.05) is 0 Å². The van der Waals surface area contributed by atoms with E-state index in [0.29, 0.717) is 31.1 Å². The maximum absolute atomic E-state index is 12.3. The Morgan fingerprint density at radius 1 is 1.50 bits per heavy atom. The lowest BCUT2D eigenvalue weighted by atomic mass is 9.97. The second-order valence-corrected chi connectivity index (χ2v) is 4.81. The van der Waals surface area contributed by atoms with Gasteiger partial charge in [-0.2, -0.15) is 0 Å². The molecular formula is C14H19N3O3. The van der Waals surface area contributed by atoms with Gasteiger partial charge in [-0.3, -0.25) is 9.59 Å². The van der Waals surface area contributed by atoms with E-state index in [4.69, 9.17) is 10.5 Å². The number of hydrogen-bond donors (Lipinski definition) is 1. The largest absolute Gasteiger partial charge is 0.478 e. The maximum atomic E-state index is 12.3. The van der Waals surface area contributed by atoms with Crippen LogP contribution in [0.1, 0.15) is 30.1 Å². The van der Waals surface area contributed by atoms with Gasteiger partial charge in [-0.25, -0.2) is 4.98 Å². The van der Waals surface area contributed by atoms with E-state index in [1.165, 1.54) is 6.20 Å². The van der Waals surface area contributed by atoms with Gasteiger partial charge in [0, 0.05) is 25.4 Å². The average molecular weight is 277 g/mol. The monoisotopic (exact) mass is 277 g/mol. The number of ether oxygens (including phenoxy) is 1. The highest BCUT2D eigenvalue weighted by molar-refractivity contribution is 5.94. The number of carbonyl (C=O) groups is 2. The summed E-state index contributed by atoms with van der Waals surface area (Å²) in [5, 5.41) is 0. The molecule has 108 valence electrons. The second kappa shape index (κ2) is 6.36. The van der Waals surface area contributed by atoms with Crippen LogP contribution < -0.4 is 10.5 Å². The standard InChI is InChI=1S/C14H19N3O3/c1-2-20-12-6-5-10(8-16-12)14(19)17-7-3-4-11(9-17)13(15)18/h5-6,8,11H,2-4,7,9H2,1H3,(H2,15,18). The summed E-state index contributed by atoms with van der Waals surface area (Å²) < 4.78 is 5.24. The van der Waals surface area contributed by atoms with E-state index in [1.54, 1.807) is 17.0 Å². The Balaban J connectivity index is 2.04. The zero-order chi connectivity index (χ0) is 14.5. The number of likely N-dealkylation sites (tertiary alicyclic amines) is 1. The van der Waals surface area contributed by atoms with Crippen LogP contribution >= 0.6 is 0 Å². The van der Waals surface area contributed by atoms with Crippen molar-refractivity contribution < 1.29 is 14.3 Å². The van der Waals surface area contributed by atoms with Gasteiger partial charge in [0.1, 0.15) is 0 Å². The molecule has 2 N–H and O–H groups in total. The van der Waals surface area contributed by atoms with Crippen LogP contribution in [0.3, 0.4) is 0 Å². The van der Waals surface area contributed by atoms with Gasteiger partial charge in [0.2, 0.25) is 11.8 Å². The van der Waals surface area contributed by atoms with E-state index in [-0.39, 0.29) is 17.7 Å². The first-order valence-corrected chi connectivity index (χ1v) is 6.79. The van der Waals surface area contributed by atoms with Gasteiger partial charge in [0.25, 0.3) is 5.91 Å². The highest BCUT2D eigenvalue weighted by Gasteiger charge is 2.27. The summed E-state index contributed by atoms with van der Waals surface area (Å²) in [5.41, 5.74) is 5.81. The predicted molar refractivity (Wildman–Crippen MR) is 73.2 cm³/mol. The third-order valence-corrected chi connectivity index (χ3v) is 3.39. The molecule has 6 heteroatoms. The fraction of sp³-hybridized carbons (Fsp3) is 0.500. The fourth-order valence-electron chi connectivity index (χ4n) is 2.32. The lowest BCUT2D eigenvalue weighted by molar-refractivity contribution is -0.123. The van der Waals surface area contributed by atoms with Crippen molar-refractivity contribution in [1.29, 1.82) is 0 Å². The zero-order valence-electron chi connectivity index (χ0n) is 11.5. The molecule has 1 aliphatic heterocycles. The van der Waals surface area contributed by atoms with Crippen molar-refractivity contribution in [3.8, 4) is 5.88 Å². The van der Waals surface area contributed by atoms with E-state index >= 15 is 0 Å². The van der Waals surface area contributed by atoms with E-state index in [0.717, 1.165) is 12.8 Å². The summed E-state index contributed by atoms with van der Waals surface area (Å²) >= 11 is 0. The van der Waals surface area contributed by atoms with Crippen molar-refractivity contribution in [1.82, 2.24) is 9.88 Å². The molecule has 0 radical (unpaired) electrons. The minimum Gasteiger partial charge on any atom is -0.478 e. The molecule has 0 saturated carbocycles. The van der Waals surface area contributed by atoms with Crippen molar-refractivity contribution >= 4 is 11.8 Å². The lowest BCUT2D eigenvalue weighted by Crippen LogP contribution is -2.44. The highest BCUT2D eigenvalue weighted by atomic mass is 16.5. The smallest absolute Gasteiger partial charge is 0.255 e. The predicted octanol–water partition coefficient (Wildman–Crippen LogP) is 0.818. The molecular weight excluding hydrogens is 258 g/mol. The SMILES string of the molecule is CCOc1ccc(C(=O)N2CCCC(C(N)=O)C2)cn1. The molecule has 1 fully saturated rings. The number of carbonyl (C=O) groups excluding carboxylic acids is 2. The minimum atomic E-state index is -0.340. The lowest BCUT2D eigenvalue weighted by Gasteiger charge is -2.31. The molecule has 1 aliphatic rings. The minimum absolute atomic E-state index is 0.119. The Morgan fingerprint density at radius 2 is 2.30 bits per heavy atom. The van der Waals surface area contributed by atoms with Crippen molar-refractivity contribution in [3.05, 3.63) is 23.9 Å². The summed E-state index contributed by atoms with van der Waals surface area (Å²) in [4.78, 5) is 29.3. The van der Waals surface area contributed by atoms with Gasteiger partial charge in [-0.15, -0.1) is 0 Å². The molecule has 0 spiro atoms. The van der Waals surface area contributed by atoms with Crippen LogP contribution in [0.2, 0.25) is 0 Å². The third-order valence-electron chi connectivity index (χ3n) is 3.39. The Hall–Kier alpha value is -2.11. The summed E-state index contributed by atoms with van der Waals surface area (Å²) in [6.45, 7) is 3.45. The average Bonchev–Trinajstić information content (AvgIpc) is 2.48. The molecule has 2 rings (SSSR count). The number of pyridine rings is 1. The van der Waals surface area contributed by atoms with Crippen molar-refractivity contribution in [2.24, 2.45) is 11.7 Å². The number of aromatic nitrogens is 1. The highest BCUT2D eigenvalue weighted by Crippen LogP contribution is 2.18. The van der Waals surface area contributed by atoms with Gasteiger partial charge >= 0.3 is 0 Å². The van der Waals surface area contributed by atoms with Crippen molar-refractivity contribution in [2.75, 3.05) is 19.7 Å². The summed E-state index contributed by atoms with van der Waals surface area (Å²) in [6.07, 6.45) is 3.05. The van der Waals surface area contributed by atoms with Gasteiger partial charge in [-0.05, 0) is 25.8 Å². The summed E-state index contributed by atoms with van der Waals surface area (Å²) in [7, 11) is 0. The molecule has 2 amide bonds. The second-order valence-electron chi connectivity index (χ2n) is 4.81. The number of hydrogen-bond acceptors (Lipinski definition) is 4. The Labute approximate surface area is 117 Å². The molecule has 1 aromatic rings. The van der Waals surface area contributed by atoms with E-state index in [1.807, 2.05) is 6.92 Å². The molecule has 1 unspecified atom stereocenters. The molecule has 20 heavy (non-hydrogen) atoms. The van der Waals surface area contributed by atoms with Gasteiger partial charge in [0.05, 0.1) is 18.1 Å². The molecule has 1 atom stereocenters. The summed E-state index contributed by atoms with van der Waals surface area (Å²) in [5.74, 6) is -0.208. The Morgan fingerprint density at radius 3 is 2.90 bits per heavy atom. The van der Waals surface area contributed by atoms with Crippen LogP contribution in [0.25, 0.3) is 0 Å². The molecule has 0 bridgehead atoms. The van der Waals surface area contributed by atoms with Crippen LogP contribution in [0.5, 0.6) is 5.88 Å². The Bertz CT molecular complexity index is 487. The topological polar surface area (TPSA) is 85.5 Å². The van der Waals surface area contributed by atoms with E-state index in [9.17, 15) is 9.59 Å². The fourth-order valence-corrected chi connectivity index (χ4v) is 2.32. The van der Waals surface area contributed by atoms with Crippen LogP contribution in [0, 0.1) is 5.92 Å². The first-order valence-electron chi connectivity index (χ1n) is 6.79. The molecule has 1 saturated heterocycles.